The average Bonchev–Trinajstić information content (AvgIpc) is 3.48. The maximum Gasteiger partial charge on any atom is 0.253 e. The molecule has 41 heavy (non-hydrogen) atoms. The zero-order chi connectivity index (χ0) is 28.3. The molecule has 0 amide bonds. The summed E-state index contributed by atoms with van der Waals surface area (Å²) >= 11 is 0. The number of methoxy groups -OCH3 is 1. The first-order valence-corrected chi connectivity index (χ1v) is 14.1. The molecule has 9 heteroatoms. The minimum absolute atomic E-state index is 0.105. The monoisotopic (exact) mass is 549 g/mol. The van der Waals surface area contributed by atoms with E-state index in [1.807, 2.05) is 54.1 Å². The second-order valence-corrected chi connectivity index (χ2v) is 10.7. The molecule has 6 rings (SSSR count). The summed E-state index contributed by atoms with van der Waals surface area (Å²) in [6.45, 7) is 7.88. The molecular weight excluding hydrogens is 514 g/mol. The van der Waals surface area contributed by atoms with Gasteiger partial charge < -0.3 is 14.6 Å². The zero-order valence-corrected chi connectivity index (χ0v) is 23.7. The predicted molar refractivity (Wildman–Crippen MR) is 161 cm³/mol. The van der Waals surface area contributed by atoms with Gasteiger partial charge in [0.15, 0.2) is 5.82 Å². The standard InChI is InChI=1S/C32H35N7O2/c1-22-9-10-23(2)29-27(22)21-28(32(40)33-29)30(31-34-35-36-39(31)16-15-24-7-5-4-6-8-24)38-19-17-37(18-20-38)25-11-13-26(41-3)14-12-25/h4-14,21,30H,15-20H2,1-3H3,(H,33,40)/t30-/m1/s1. The minimum atomic E-state index is -0.383. The summed E-state index contributed by atoms with van der Waals surface area (Å²) in [5.74, 6) is 1.53. The first kappa shape index (κ1) is 26.7. The lowest BCUT2D eigenvalue weighted by Crippen LogP contribution is -2.49. The summed E-state index contributed by atoms with van der Waals surface area (Å²) in [6, 6.07) is 24.3. The molecule has 5 aromatic rings. The van der Waals surface area contributed by atoms with Gasteiger partial charge in [-0.1, -0.05) is 42.5 Å². The van der Waals surface area contributed by atoms with E-state index in [0.717, 1.165) is 66.1 Å². The normalized spacial score (nSPS) is 14.9. The zero-order valence-electron chi connectivity index (χ0n) is 23.7. The van der Waals surface area contributed by atoms with E-state index in [9.17, 15) is 4.79 Å². The lowest BCUT2D eigenvalue weighted by molar-refractivity contribution is 0.199. The van der Waals surface area contributed by atoms with Crippen LogP contribution in [-0.4, -0.2) is 63.4 Å². The van der Waals surface area contributed by atoms with Crippen molar-refractivity contribution in [2.45, 2.75) is 32.9 Å². The molecule has 0 spiro atoms. The fraction of sp³-hybridized carbons (Fsp3) is 0.312. The van der Waals surface area contributed by atoms with Gasteiger partial charge in [0, 0.05) is 49.4 Å². The Morgan fingerprint density at radius 3 is 2.39 bits per heavy atom. The third-order valence-corrected chi connectivity index (χ3v) is 8.14. The molecule has 3 aromatic carbocycles. The quantitative estimate of drug-likeness (QED) is 0.309. The third-order valence-electron chi connectivity index (χ3n) is 8.14. The van der Waals surface area contributed by atoms with Gasteiger partial charge in [-0.15, -0.1) is 5.10 Å². The number of aryl methyl sites for hydroxylation is 4. The van der Waals surface area contributed by atoms with Crippen LogP contribution in [-0.2, 0) is 13.0 Å². The van der Waals surface area contributed by atoms with E-state index in [0.29, 0.717) is 17.9 Å². The number of hydrogen-bond donors (Lipinski definition) is 1. The number of nitrogens with one attached hydrogen (secondary N) is 1. The molecule has 1 N–H and O–H groups in total. The Labute approximate surface area is 239 Å². The van der Waals surface area contributed by atoms with Crippen molar-refractivity contribution >= 4 is 16.6 Å². The van der Waals surface area contributed by atoms with Crippen LogP contribution in [0.2, 0.25) is 0 Å². The summed E-state index contributed by atoms with van der Waals surface area (Å²) in [4.78, 5) is 21.6. The fourth-order valence-electron chi connectivity index (χ4n) is 5.77. The Morgan fingerprint density at radius 2 is 1.66 bits per heavy atom. The number of hydrogen-bond acceptors (Lipinski definition) is 7. The van der Waals surface area contributed by atoms with Crippen LogP contribution in [0.15, 0.2) is 77.6 Å². The molecule has 0 bridgehead atoms. The minimum Gasteiger partial charge on any atom is -0.497 e. The smallest absolute Gasteiger partial charge is 0.253 e. The second-order valence-electron chi connectivity index (χ2n) is 10.7. The molecule has 2 aromatic heterocycles. The van der Waals surface area contributed by atoms with Crippen LogP contribution in [0.25, 0.3) is 10.9 Å². The number of rotatable bonds is 8. The fourth-order valence-corrected chi connectivity index (χ4v) is 5.77. The highest BCUT2D eigenvalue weighted by atomic mass is 16.5. The molecule has 210 valence electrons. The van der Waals surface area contributed by atoms with E-state index in [-0.39, 0.29) is 11.6 Å². The van der Waals surface area contributed by atoms with Crippen LogP contribution >= 0.6 is 0 Å². The van der Waals surface area contributed by atoms with Gasteiger partial charge in [-0.25, -0.2) is 4.68 Å². The summed E-state index contributed by atoms with van der Waals surface area (Å²) in [7, 11) is 1.68. The Kier molecular flexibility index (Phi) is 7.52. The van der Waals surface area contributed by atoms with E-state index < -0.39 is 0 Å². The number of aromatic nitrogens is 5. The highest BCUT2D eigenvalue weighted by Gasteiger charge is 2.33. The van der Waals surface area contributed by atoms with Crippen molar-refractivity contribution in [1.82, 2.24) is 30.1 Å². The van der Waals surface area contributed by atoms with E-state index in [1.54, 1.807) is 7.11 Å². The van der Waals surface area contributed by atoms with Crippen molar-refractivity contribution < 1.29 is 4.74 Å². The first-order valence-electron chi connectivity index (χ1n) is 14.1. The average molecular weight is 550 g/mol. The molecule has 3 heterocycles. The Balaban J connectivity index is 1.35. The van der Waals surface area contributed by atoms with Crippen LogP contribution in [0.4, 0.5) is 5.69 Å². The molecule has 0 radical (unpaired) electrons. The SMILES string of the molecule is COc1ccc(N2CCN([C@H](c3cc4c(C)ccc(C)c4[nH]c3=O)c3nnnn3CCc3ccccc3)CC2)cc1. The van der Waals surface area contributed by atoms with Gasteiger partial charge >= 0.3 is 0 Å². The molecule has 1 saturated heterocycles. The van der Waals surface area contributed by atoms with Gasteiger partial charge in [0.2, 0.25) is 0 Å². The number of anilines is 1. The van der Waals surface area contributed by atoms with Crippen molar-refractivity contribution in [3.05, 3.63) is 111 Å². The van der Waals surface area contributed by atoms with Gasteiger partial charge in [0.25, 0.3) is 5.56 Å². The topological polar surface area (TPSA) is 92.2 Å². The number of piperazine rings is 1. The molecule has 1 atom stereocenters. The van der Waals surface area contributed by atoms with Gasteiger partial charge in [-0.3, -0.25) is 9.69 Å². The maximum atomic E-state index is 13.7. The first-order chi connectivity index (χ1) is 20.0. The summed E-state index contributed by atoms with van der Waals surface area (Å²) < 4.78 is 7.19. The number of pyridine rings is 1. The van der Waals surface area contributed by atoms with Crippen molar-refractivity contribution in [2.75, 3.05) is 38.2 Å². The molecular formula is C32H35N7O2. The number of nitrogens with zero attached hydrogens (tertiary/aromatic N) is 6. The number of ether oxygens (including phenoxy) is 1. The number of H-pyrrole nitrogens is 1. The van der Waals surface area contributed by atoms with Crippen LogP contribution in [0, 0.1) is 13.8 Å². The molecule has 1 aliphatic heterocycles. The Hall–Kier alpha value is -4.50. The van der Waals surface area contributed by atoms with E-state index in [1.165, 1.54) is 5.56 Å². The Morgan fingerprint density at radius 1 is 0.927 bits per heavy atom. The van der Waals surface area contributed by atoms with Crippen LogP contribution in [0.3, 0.4) is 0 Å². The second kappa shape index (κ2) is 11.5. The lowest BCUT2D eigenvalue weighted by Gasteiger charge is -2.39. The van der Waals surface area contributed by atoms with Crippen molar-refractivity contribution in [1.29, 1.82) is 0 Å². The molecule has 9 nitrogen and oxygen atoms in total. The highest BCUT2D eigenvalue weighted by Crippen LogP contribution is 2.30. The summed E-state index contributed by atoms with van der Waals surface area (Å²) in [5, 5.41) is 14.0. The van der Waals surface area contributed by atoms with Crippen molar-refractivity contribution in [3.63, 3.8) is 0 Å². The van der Waals surface area contributed by atoms with Crippen molar-refractivity contribution in [3.8, 4) is 5.75 Å². The molecule has 0 unspecified atom stereocenters. The molecule has 1 aliphatic rings. The van der Waals surface area contributed by atoms with Crippen LogP contribution in [0.1, 0.15) is 34.1 Å². The largest absolute Gasteiger partial charge is 0.497 e. The van der Waals surface area contributed by atoms with Gasteiger partial charge in [0.1, 0.15) is 11.8 Å². The Bertz CT molecular complexity index is 1690. The number of benzene rings is 3. The summed E-state index contributed by atoms with van der Waals surface area (Å²) in [5.41, 5.74) is 5.98. The van der Waals surface area contributed by atoms with Crippen molar-refractivity contribution in [2.24, 2.45) is 0 Å². The highest BCUT2D eigenvalue weighted by molar-refractivity contribution is 5.85. The van der Waals surface area contributed by atoms with E-state index in [4.69, 9.17) is 4.74 Å². The van der Waals surface area contributed by atoms with Gasteiger partial charge in [-0.05, 0) is 77.7 Å². The van der Waals surface area contributed by atoms with E-state index in [2.05, 4.69) is 67.6 Å². The van der Waals surface area contributed by atoms with Gasteiger partial charge in [0.05, 0.1) is 12.6 Å². The number of tetrazole rings is 1. The van der Waals surface area contributed by atoms with Crippen LogP contribution < -0.4 is 15.2 Å². The van der Waals surface area contributed by atoms with E-state index >= 15 is 0 Å². The molecule has 0 saturated carbocycles. The molecule has 1 fully saturated rings. The number of aromatic amines is 1. The molecule has 0 aliphatic carbocycles. The summed E-state index contributed by atoms with van der Waals surface area (Å²) in [6.07, 6.45) is 0.795. The maximum absolute atomic E-state index is 13.7. The lowest BCUT2D eigenvalue weighted by atomic mass is 9.99. The van der Waals surface area contributed by atoms with Crippen LogP contribution in [0.5, 0.6) is 5.75 Å². The third kappa shape index (κ3) is 5.45. The number of fused-ring (bicyclic) bond motifs is 1. The predicted octanol–water partition coefficient (Wildman–Crippen LogP) is 4.29. The van der Waals surface area contributed by atoms with Gasteiger partial charge in [-0.2, -0.15) is 0 Å².